The Bertz CT molecular complexity index is 170. The summed E-state index contributed by atoms with van der Waals surface area (Å²) in [4.78, 5) is 26.1. The first-order chi connectivity index (χ1) is 4.42. The molecule has 0 aliphatic carbocycles. The van der Waals surface area contributed by atoms with Gasteiger partial charge in [-0.3, -0.25) is 14.7 Å². The quantitative estimate of drug-likeness (QED) is 0.324. The number of rotatable bonds is 4. The van der Waals surface area contributed by atoms with E-state index in [0.29, 0.717) is 0 Å². The molecular weight excluding hydrogens is 239 g/mol. The van der Waals surface area contributed by atoms with Crippen LogP contribution < -0.4 is 5.32 Å². The summed E-state index contributed by atoms with van der Waals surface area (Å²) < 4.78 is 10.1. The van der Waals surface area contributed by atoms with Crippen LogP contribution in [0.15, 0.2) is 0 Å². The molecule has 0 amide bonds. The van der Waals surface area contributed by atoms with Crippen molar-refractivity contribution in [2.75, 3.05) is 12.8 Å². The molecule has 0 unspecified atom stereocenters. The Hall–Kier alpha value is 2.85. The topological polar surface area (TPSA) is 107 Å². The molecule has 0 atom stereocenters. The predicted octanol–water partition coefficient (Wildman–Crippen LogP) is -2.50. The maximum atomic E-state index is 10.1. The van der Waals surface area contributed by atoms with Gasteiger partial charge in [-0.05, 0) is 0 Å². The molecule has 0 aromatic carbocycles. The molecule has 0 heterocycles. The van der Waals surface area contributed by atoms with Crippen molar-refractivity contribution in [2.45, 2.75) is 0 Å². The molecule has 0 radical (unpaired) electrons. The third kappa shape index (κ3) is 18.6. The normalized spacial score (nSPS) is 9.50. The molecule has 0 saturated carbocycles. The SMILES string of the molecule is O=C(O)CNCP(=O)(O)O.[KH].[KH]. The second-order valence-electron chi connectivity index (χ2n) is 1.64. The summed E-state index contributed by atoms with van der Waals surface area (Å²) in [7, 11) is -4.10. The summed E-state index contributed by atoms with van der Waals surface area (Å²) in [5.41, 5.74) is 0. The monoisotopic (exact) mass is 249 g/mol. The average Bonchev–Trinajstić information content (AvgIpc) is 1.59. The van der Waals surface area contributed by atoms with E-state index in [9.17, 15) is 9.36 Å². The maximum absolute atomic E-state index is 10.1. The molecule has 0 saturated heterocycles. The van der Waals surface area contributed by atoms with E-state index in [0.717, 1.165) is 0 Å². The first-order valence-electron chi connectivity index (χ1n) is 2.39. The van der Waals surface area contributed by atoms with Crippen LogP contribution in [0.1, 0.15) is 0 Å². The number of carboxylic acids is 1. The first-order valence-corrected chi connectivity index (χ1v) is 4.18. The second-order valence-corrected chi connectivity index (χ2v) is 3.29. The number of nitrogens with one attached hydrogen (secondary N) is 1. The predicted molar refractivity (Wildman–Crippen MR) is 46.8 cm³/mol. The van der Waals surface area contributed by atoms with Crippen molar-refractivity contribution in [3.8, 4) is 0 Å². The van der Waals surface area contributed by atoms with Crippen LogP contribution in [0.2, 0.25) is 0 Å². The Morgan fingerprint density at radius 3 is 2.00 bits per heavy atom. The van der Waals surface area contributed by atoms with Crippen molar-refractivity contribution in [1.29, 1.82) is 0 Å². The van der Waals surface area contributed by atoms with Gasteiger partial charge in [-0.1, -0.05) is 0 Å². The van der Waals surface area contributed by atoms with E-state index in [4.69, 9.17) is 14.9 Å². The minimum absolute atomic E-state index is 0. The Labute approximate surface area is 155 Å². The van der Waals surface area contributed by atoms with E-state index in [2.05, 4.69) is 5.32 Å². The van der Waals surface area contributed by atoms with Crippen molar-refractivity contribution in [2.24, 2.45) is 0 Å². The summed E-state index contributed by atoms with van der Waals surface area (Å²) in [6.45, 7) is -0.439. The zero-order valence-electron chi connectivity index (χ0n) is 5.02. The van der Waals surface area contributed by atoms with Crippen LogP contribution in [0.4, 0.5) is 0 Å². The number of hydrogen-bond donors (Lipinski definition) is 4. The molecule has 6 nitrogen and oxygen atoms in total. The molecule has 0 aromatic heterocycles. The van der Waals surface area contributed by atoms with E-state index in [1.54, 1.807) is 0 Å². The van der Waals surface area contributed by atoms with E-state index < -0.39 is 26.4 Å². The van der Waals surface area contributed by atoms with Gasteiger partial charge in [0.05, 0.1) is 12.8 Å². The molecule has 0 aliphatic rings. The van der Waals surface area contributed by atoms with E-state index in [1.807, 2.05) is 0 Å². The van der Waals surface area contributed by atoms with Gasteiger partial charge in [0.15, 0.2) is 0 Å². The van der Waals surface area contributed by atoms with Gasteiger partial charge in [-0.25, -0.2) is 0 Å². The molecule has 0 fully saturated rings. The number of carbonyl (C=O) groups is 1. The molecule has 64 valence electrons. The zero-order valence-corrected chi connectivity index (χ0v) is 5.91. The van der Waals surface area contributed by atoms with Gasteiger partial charge in [-0.2, -0.15) is 0 Å². The van der Waals surface area contributed by atoms with Crippen LogP contribution >= 0.6 is 7.60 Å². The standard InChI is InChI=1S/C3H8NO5P.2K.2H/c5-3(6)1-4-2-10(7,8)9;;;;/h4H,1-2H2,(H,5,6)(H2,7,8,9);;;;. The van der Waals surface area contributed by atoms with Crippen LogP contribution in [0.5, 0.6) is 0 Å². The Morgan fingerprint density at radius 1 is 1.33 bits per heavy atom. The summed E-state index contributed by atoms with van der Waals surface area (Å²) in [6.07, 6.45) is -0.598. The molecule has 12 heavy (non-hydrogen) atoms. The van der Waals surface area contributed by atoms with Crippen LogP contribution in [0.25, 0.3) is 0 Å². The molecule has 9 heteroatoms. The van der Waals surface area contributed by atoms with Gasteiger partial charge in [0.25, 0.3) is 0 Å². The van der Waals surface area contributed by atoms with Gasteiger partial charge in [0, 0.05) is 0 Å². The number of aliphatic carboxylic acids is 1. The summed E-state index contributed by atoms with van der Waals surface area (Å²) in [5, 5.41) is 10.1. The zero-order chi connectivity index (χ0) is 8.20. The van der Waals surface area contributed by atoms with E-state index in [-0.39, 0.29) is 103 Å². The summed E-state index contributed by atoms with van der Waals surface area (Å²) in [6, 6.07) is 0. The van der Waals surface area contributed by atoms with Crippen molar-refractivity contribution in [3.63, 3.8) is 0 Å². The van der Waals surface area contributed by atoms with Crippen LogP contribution in [0.3, 0.4) is 0 Å². The molecule has 0 spiro atoms. The summed E-state index contributed by atoms with van der Waals surface area (Å²) >= 11 is 0. The van der Waals surface area contributed by atoms with E-state index >= 15 is 0 Å². The fraction of sp³-hybridized carbons (Fsp3) is 0.667. The molecule has 4 N–H and O–H groups in total. The van der Waals surface area contributed by atoms with Crippen molar-refractivity contribution < 1.29 is 24.3 Å². The van der Waals surface area contributed by atoms with Crippen molar-refractivity contribution in [1.82, 2.24) is 5.32 Å². The number of carboxylic acid groups (broad SMARTS) is 1. The first kappa shape index (κ1) is 20.3. The van der Waals surface area contributed by atoms with Gasteiger partial charge in [0.1, 0.15) is 0 Å². The molecule has 0 aromatic rings. The Kier molecular flexibility index (Phi) is 17.5. The Balaban J connectivity index is -0.000000405. The average molecular weight is 249 g/mol. The fourth-order valence-electron chi connectivity index (χ4n) is 0.308. The molecule has 0 bridgehead atoms. The second kappa shape index (κ2) is 10.4. The van der Waals surface area contributed by atoms with Crippen LogP contribution in [-0.2, 0) is 9.36 Å². The van der Waals surface area contributed by atoms with Gasteiger partial charge >= 0.3 is 116 Å². The molecule has 0 aliphatic heterocycles. The number of hydrogen-bond acceptors (Lipinski definition) is 3. The van der Waals surface area contributed by atoms with Crippen molar-refractivity contribution in [3.05, 3.63) is 0 Å². The van der Waals surface area contributed by atoms with Crippen LogP contribution in [-0.4, -0.2) is 136 Å². The van der Waals surface area contributed by atoms with Crippen LogP contribution in [0, 0.1) is 0 Å². The van der Waals surface area contributed by atoms with E-state index in [1.165, 1.54) is 0 Å². The third-order valence-electron chi connectivity index (χ3n) is 0.594. The van der Waals surface area contributed by atoms with Gasteiger partial charge in [0.2, 0.25) is 0 Å². The third-order valence-corrected chi connectivity index (χ3v) is 1.23. The van der Waals surface area contributed by atoms with Gasteiger partial charge < -0.3 is 14.9 Å². The fourth-order valence-corrected chi connectivity index (χ4v) is 0.712. The Morgan fingerprint density at radius 2 is 1.75 bits per heavy atom. The minimum atomic E-state index is -4.10. The van der Waals surface area contributed by atoms with Gasteiger partial charge in [-0.15, -0.1) is 0 Å². The van der Waals surface area contributed by atoms with Crippen molar-refractivity contribution >= 4 is 116 Å². The summed E-state index contributed by atoms with van der Waals surface area (Å²) in [5.74, 6) is -1.14. The molecule has 0 rings (SSSR count). The molecular formula is C3H10K2NO5P.